The lowest BCUT2D eigenvalue weighted by atomic mass is 10.2. The molecule has 0 aliphatic heterocycles. The zero-order valence-electron chi connectivity index (χ0n) is 9.21. The first-order valence-electron chi connectivity index (χ1n) is 4.76. The van der Waals surface area contributed by atoms with Crippen molar-refractivity contribution in [2.75, 3.05) is 25.6 Å². The minimum absolute atomic E-state index is 0.0806. The van der Waals surface area contributed by atoms with Gasteiger partial charge in [-0.05, 0) is 19.7 Å². The molecule has 0 spiro atoms. The molecule has 0 aromatic rings. The van der Waals surface area contributed by atoms with Gasteiger partial charge >= 0.3 is 6.18 Å². The maximum Gasteiger partial charge on any atom is 0.415 e. The van der Waals surface area contributed by atoms with Gasteiger partial charge in [-0.3, -0.25) is 4.90 Å². The van der Waals surface area contributed by atoms with E-state index in [9.17, 15) is 13.2 Å². The summed E-state index contributed by atoms with van der Waals surface area (Å²) in [5.41, 5.74) is 0. The summed E-state index contributed by atoms with van der Waals surface area (Å²) in [5, 5.41) is 8.90. The highest BCUT2D eigenvalue weighted by atomic mass is 32.2. The highest BCUT2D eigenvalue weighted by Gasteiger charge is 2.39. The molecule has 0 saturated carbocycles. The van der Waals surface area contributed by atoms with Crippen LogP contribution in [0.4, 0.5) is 13.2 Å². The lowest BCUT2D eigenvalue weighted by molar-refractivity contribution is -0.208. The monoisotopic (exact) mass is 245 g/mol. The molecule has 0 saturated heterocycles. The van der Waals surface area contributed by atoms with Crippen LogP contribution in [0.15, 0.2) is 0 Å². The largest absolute Gasteiger partial charge is 0.415 e. The Hall–Kier alpha value is 0.0600. The summed E-state index contributed by atoms with van der Waals surface area (Å²) < 4.78 is 36.2. The van der Waals surface area contributed by atoms with Gasteiger partial charge in [0, 0.05) is 18.3 Å². The zero-order valence-corrected chi connectivity index (χ0v) is 10.0. The molecule has 1 N–H and O–H groups in total. The SMILES string of the molecule is CCC(CSC)N(C)CC(O)C(F)(F)F. The number of thioether (sulfide) groups is 1. The van der Waals surface area contributed by atoms with Gasteiger partial charge in [-0.2, -0.15) is 24.9 Å². The molecule has 0 heterocycles. The van der Waals surface area contributed by atoms with E-state index in [0.29, 0.717) is 0 Å². The molecule has 0 radical (unpaired) electrons. The Kier molecular flexibility index (Phi) is 6.63. The summed E-state index contributed by atoms with van der Waals surface area (Å²) in [5.74, 6) is 0.775. The number of hydrogen-bond donors (Lipinski definition) is 1. The summed E-state index contributed by atoms with van der Waals surface area (Å²) in [6, 6.07) is 0.0806. The van der Waals surface area contributed by atoms with Crippen LogP contribution in [0, 0.1) is 0 Å². The second-order valence-corrected chi connectivity index (χ2v) is 4.43. The minimum atomic E-state index is -4.52. The number of rotatable bonds is 6. The third kappa shape index (κ3) is 5.63. The number of alkyl halides is 3. The van der Waals surface area contributed by atoms with Crippen molar-refractivity contribution >= 4 is 11.8 Å². The molecular weight excluding hydrogens is 227 g/mol. The van der Waals surface area contributed by atoms with Gasteiger partial charge in [0.25, 0.3) is 0 Å². The maximum absolute atomic E-state index is 12.1. The number of aliphatic hydroxyl groups excluding tert-OH is 1. The first-order chi connectivity index (χ1) is 6.82. The maximum atomic E-state index is 12.1. The Morgan fingerprint density at radius 2 is 1.93 bits per heavy atom. The van der Waals surface area contributed by atoms with Crippen LogP contribution in [-0.4, -0.2) is 53.9 Å². The quantitative estimate of drug-likeness (QED) is 0.774. The van der Waals surface area contributed by atoms with E-state index >= 15 is 0 Å². The summed E-state index contributed by atoms with van der Waals surface area (Å²) >= 11 is 1.59. The second-order valence-electron chi connectivity index (χ2n) is 3.51. The Morgan fingerprint density at radius 3 is 2.27 bits per heavy atom. The predicted octanol–water partition coefficient (Wildman–Crippen LogP) is 1.98. The highest BCUT2D eigenvalue weighted by Crippen LogP contribution is 2.21. The van der Waals surface area contributed by atoms with Gasteiger partial charge in [0.05, 0.1) is 0 Å². The van der Waals surface area contributed by atoms with Gasteiger partial charge in [0.2, 0.25) is 0 Å². The van der Waals surface area contributed by atoms with Crippen LogP contribution in [0.25, 0.3) is 0 Å². The van der Waals surface area contributed by atoms with Crippen LogP contribution >= 0.6 is 11.8 Å². The molecule has 0 bridgehead atoms. The molecule has 2 atom stereocenters. The van der Waals surface area contributed by atoms with E-state index in [-0.39, 0.29) is 12.6 Å². The normalized spacial score (nSPS) is 16.8. The first kappa shape index (κ1) is 15.1. The van der Waals surface area contributed by atoms with E-state index in [1.807, 2.05) is 13.2 Å². The molecule has 2 nitrogen and oxygen atoms in total. The van der Waals surface area contributed by atoms with Crippen LogP contribution in [0.2, 0.25) is 0 Å². The fraction of sp³-hybridized carbons (Fsp3) is 1.00. The lowest BCUT2D eigenvalue weighted by Crippen LogP contribution is -2.44. The summed E-state index contributed by atoms with van der Waals surface area (Å²) in [6.07, 6.45) is -4.08. The van der Waals surface area contributed by atoms with Gasteiger partial charge in [-0.1, -0.05) is 6.92 Å². The number of aliphatic hydroxyl groups is 1. The van der Waals surface area contributed by atoms with E-state index < -0.39 is 12.3 Å². The molecule has 92 valence electrons. The fourth-order valence-corrected chi connectivity index (χ4v) is 2.15. The van der Waals surface area contributed by atoms with E-state index in [1.54, 1.807) is 23.7 Å². The van der Waals surface area contributed by atoms with Crippen molar-refractivity contribution in [1.82, 2.24) is 4.90 Å². The van der Waals surface area contributed by atoms with Gasteiger partial charge in [-0.15, -0.1) is 0 Å². The fourth-order valence-electron chi connectivity index (χ4n) is 1.27. The van der Waals surface area contributed by atoms with Gasteiger partial charge in [0.15, 0.2) is 6.10 Å². The van der Waals surface area contributed by atoms with Crippen LogP contribution in [0.5, 0.6) is 0 Å². The van der Waals surface area contributed by atoms with Gasteiger partial charge in [0.1, 0.15) is 0 Å². The highest BCUT2D eigenvalue weighted by molar-refractivity contribution is 7.98. The van der Waals surface area contributed by atoms with Crippen LogP contribution in [0.3, 0.4) is 0 Å². The van der Waals surface area contributed by atoms with E-state index in [4.69, 9.17) is 5.11 Å². The van der Waals surface area contributed by atoms with Crippen molar-refractivity contribution in [3.05, 3.63) is 0 Å². The molecule has 15 heavy (non-hydrogen) atoms. The molecule has 6 heteroatoms. The van der Waals surface area contributed by atoms with Crippen molar-refractivity contribution in [3.8, 4) is 0 Å². The first-order valence-corrected chi connectivity index (χ1v) is 6.16. The molecule has 0 amide bonds. The van der Waals surface area contributed by atoms with Gasteiger partial charge in [-0.25, -0.2) is 0 Å². The van der Waals surface area contributed by atoms with E-state index in [1.165, 1.54) is 0 Å². The number of hydrogen-bond acceptors (Lipinski definition) is 3. The molecule has 0 aliphatic carbocycles. The number of halogens is 3. The van der Waals surface area contributed by atoms with Crippen molar-refractivity contribution in [2.24, 2.45) is 0 Å². The van der Waals surface area contributed by atoms with Crippen LogP contribution in [0.1, 0.15) is 13.3 Å². The molecule has 0 aliphatic rings. The van der Waals surface area contributed by atoms with E-state index in [2.05, 4.69) is 0 Å². The molecular formula is C9H18F3NOS. The van der Waals surface area contributed by atoms with Crippen molar-refractivity contribution in [1.29, 1.82) is 0 Å². The van der Waals surface area contributed by atoms with E-state index in [0.717, 1.165) is 12.2 Å². The molecule has 0 fully saturated rings. The minimum Gasteiger partial charge on any atom is -0.382 e. The molecule has 0 rings (SSSR count). The Labute approximate surface area is 92.8 Å². The average molecular weight is 245 g/mol. The van der Waals surface area contributed by atoms with Crippen molar-refractivity contribution in [2.45, 2.75) is 31.7 Å². The number of nitrogens with zero attached hydrogens (tertiary/aromatic N) is 1. The Balaban J connectivity index is 4.15. The Bertz CT molecular complexity index is 177. The summed E-state index contributed by atoms with van der Waals surface area (Å²) in [4.78, 5) is 1.56. The smallest absolute Gasteiger partial charge is 0.382 e. The third-order valence-electron chi connectivity index (χ3n) is 2.29. The molecule has 0 aromatic heterocycles. The molecule has 2 unspecified atom stereocenters. The van der Waals surface area contributed by atoms with Crippen LogP contribution in [-0.2, 0) is 0 Å². The Morgan fingerprint density at radius 1 is 1.40 bits per heavy atom. The summed E-state index contributed by atoms with van der Waals surface area (Å²) in [7, 11) is 1.61. The summed E-state index contributed by atoms with van der Waals surface area (Å²) in [6.45, 7) is 1.57. The zero-order chi connectivity index (χ0) is 12.1. The molecule has 0 aromatic carbocycles. The van der Waals surface area contributed by atoms with Crippen LogP contribution < -0.4 is 0 Å². The predicted molar refractivity (Wildman–Crippen MR) is 57.2 cm³/mol. The van der Waals surface area contributed by atoms with Crippen molar-refractivity contribution < 1.29 is 18.3 Å². The number of likely N-dealkylation sites (N-methyl/N-ethyl adjacent to an activating group) is 1. The van der Waals surface area contributed by atoms with Crippen molar-refractivity contribution in [3.63, 3.8) is 0 Å². The third-order valence-corrected chi connectivity index (χ3v) is 3.01. The standard InChI is InChI=1S/C9H18F3NOS/c1-4-7(6-15-3)13(2)5-8(14)9(10,11)12/h7-8,14H,4-6H2,1-3H3. The lowest BCUT2D eigenvalue weighted by Gasteiger charge is -2.29. The average Bonchev–Trinajstić information content (AvgIpc) is 2.12. The second kappa shape index (κ2) is 6.60. The topological polar surface area (TPSA) is 23.5 Å². The van der Waals surface area contributed by atoms with Gasteiger partial charge < -0.3 is 5.11 Å².